The zero-order valence-corrected chi connectivity index (χ0v) is 19.5. The van der Waals surface area contributed by atoms with Crippen molar-refractivity contribution in [2.24, 2.45) is 0 Å². The summed E-state index contributed by atoms with van der Waals surface area (Å²) in [6.07, 6.45) is 0.265. The lowest BCUT2D eigenvalue weighted by molar-refractivity contribution is -0.146. The first-order valence-electron chi connectivity index (χ1n) is 10.0. The Kier molecular flexibility index (Phi) is 6.58. The Hall–Kier alpha value is -0.423. The Morgan fingerprint density at radius 3 is 2.33 bits per heavy atom. The molecule has 2 heterocycles. The molecule has 2 rings (SSSR count). The summed E-state index contributed by atoms with van der Waals surface area (Å²) in [5.41, 5.74) is -0.352. The van der Waals surface area contributed by atoms with Gasteiger partial charge in [0.15, 0.2) is 14.1 Å². The van der Waals surface area contributed by atoms with E-state index in [4.69, 9.17) is 18.6 Å². The highest BCUT2D eigenvalue weighted by Gasteiger charge is 2.46. The van der Waals surface area contributed by atoms with Crippen LogP contribution in [0.1, 0.15) is 61.3 Å². The zero-order valence-electron chi connectivity index (χ0n) is 18.5. The molecule has 2 fully saturated rings. The molecule has 0 amide bonds. The van der Waals surface area contributed by atoms with E-state index in [9.17, 15) is 5.11 Å². The van der Waals surface area contributed by atoms with Crippen molar-refractivity contribution in [2.75, 3.05) is 6.61 Å². The second-order valence-corrected chi connectivity index (χ2v) is 14.8. The fourth-order valence-electron chi connectivity index (χ4n) is 3.15. The molecule has 1 N–H and O–H groups in total. The molecule has 0 saturated carbocycles. The van der Waals surface area contributed by atoms with Crippen molar-refractivity contribution in [1.29, 1.82) is 0 Å². The maximum atomic E-state index is 10.3. The van der Waals surface area contributed by atoms with Gasteiger partial charge in [0.1, 0.15) is 18.3 Å². The quantitative estimate of drug-likeness (QED) is 0.576. The van der Waals surface area contributed by atoms with Gasteiger partial charge in [-0.2, -0.15) is 0 Å². The van der Waals surface area contributed by atoms with Gasteiger partial charge in [0.2, 0.25) is 0 Å². The predicted molar refractivity (Wildman–Crippen MR) is 109 cm³/mol. The molecule has 5 atom stereocenters. The van der Waals surface area contributed by atoms with E-state index >= 15 is 0 Å². The van der Waals surface area contributed by atoms with Crippen molar-refractivity contribution < 1.29 is 23.7 Å². The molecule has 2 aliphatic rings. The van der Waals surface area contributed by atoms with E-state index in [1.165, 1.54) is 0 Å². The smallest absolute Gasteiger partial charge is 0.192 e. The molecule has 0 radical (unpaired) electrons. The van der Waals surface area contributed by atoms with Crippen LogP contribution in [0.15, 0.2) is 0 Å². The van der Waals surface area contributed by atoms with Gasteiger partial charge in [-0.15, -0.1) is 0 Å². The highest BCUT2D eigenvalue weighted by atomic mass is 28.4. The normalized spacial score (nSPS) is 33.4. The summed E-state index contributed by atoms with van der Waals surface area (Å²) in [6.45, 7) is 19.5. The Morgan fingerprint density at radius 2 is 1.81 bits per heavy atom. The van der Waals surface area contributed by atoms with E-state index < -0.39 is 26.3 Å². The molecule has 27 heavy (non-hydrogen) atoms. The van der Waals surface area contributed by atoms with Crippen LogP contribution in [0.4, 0.5) is 0 Å². The molecule has 0 bridgehead atoms. The van der Waals surface area contributed by atoms with E-state index in [-0.39, 0.29) is 22.8 Å². The monoisotopic (exact) mass is 398 g/mol. The van der Waals surface area contributed by atoms with Gasteiger partial charge in [0.05, 0.1) is 18.3 Å². The highest BCUT2D eigenvalue weighted by Crippen LogP contribution is 2.41. The molecular weight excluding hydrogens is 360 g/mol. The van der Waals surface area contributed by atoms with Gasteiger partial charge in [0, 0.05) is 0 Å². The first kappa shape index (κ1) is 22.9. The molecule has 2 saturated heterocycles. The van der Waals surface area contributed by atoms with E-state index in [1.807, 2.05) is 13.8 Å². The zero-order chi connectivity index (χ0) is 20.7. The molecule has 0 aliphatic carbocycles. The number of aliphatic hydroxyl groups is 1. The number of ether oxygens (including phenoxy) is 3. The average Bonchev–Trinajstić information content (AvgIpc) is 3.07. The van der Waals surface area contributed by atoms with Crippen molar-refractivity contribution in [3.8, 4) is 11.8 Å². The van der Waals surface area contributed by atoms with Gasteiger partial charge in [-0.1, -0.05) is 32.6 Å². The van der Waals surface area contributed by atoms with Crippen molar-refractivity contribution in [3.63, 3.8) is 0 Å². The van der Waals surface area contributed by atoms with Gasteiger partial charge in [0.25, 0.3) is 0 Å². The van der Waals surface area contributed by atoms with E-state index in [0.717, 1.165) is 12.8 Å². The summed E-state index contributed by atoms with van der Waals surface area (Å²) in [5, 5.41) is 10.4. The number of hydrogen-bond donors (Lipinski definition) is 1. The van der Waals surface area contributed by atoms with E-state index in [0.29, 0.717) is 6.61 Å². The van der Waals surface area contributed by atoms with Crippen LogP contribution < -0.4 is 0 Å². The number of rotatable bonds is 4. The third kappa shape index (κ3) is 5.56. The first-order chi connectivity index (χ1) is 12.2. The molecule has 5 nitrogen and oxygen atoms in total. The van der Waals surface area contributed by atoms with Crippen LogP contribution in [-0.2, 0) is 18.6 Å². The van der Waals surface area contributed by atoms with Crippen molar-refractivity contribution in [1.82, 2.24) is 0 Å². The maximum Gasteiger partial charge on any atom is 0.192 e. The summed E-state index contributed by atoms with van der Waals surface area (Å²) >= 11 is 0. The van der Waals surface area contributed by atoms with Gasteiger partial charge in [-0.3, -0.25) is 0 Å². The summed E-state index contributed by atoms with van der Waals surface area (Å²) < 4.78 is 24.0. The minimum atomic E-state index is -1.86. The standard InChI is InChI=1S/C21H38O5Si/c1-15(26-27(8,9)19(2,3)4)21(7)13-12-16(24-21)10-11-17(22)18-14-23-20(5,6)25-18/h15-18,22H,12-14H2,1-9H3/t15-,16+,17+,18-,21+/m1/s1. The molecule has 0 aromatic rings. The van der Waals surface area contributed by atoms with Gasteiger partial charge in [-0.05, 0) is 58.7 Å². The molecule has 0 aromatic heterocycles. The minimum absolute atomic E-state index is 0.00230. The molecular formula is C21H38O5Si. The molecule has 0 unspecified atom stereocenters. The third-order valence-corrected chi connectivity index (χ3v) is 10.8. The fraction of sp³-hybridized carbons (Fsp3) is 0.905. The lowest BCUT2D eigenvalue weighted by Crippen LogP contribution is -2.50. The topological polar surface area (TPSA) is 57.2 Å². The SMILES string of the molecule is C[C@@H](O[Si](C)(C)C(C)(C)C)[C@]1(C)CC[C@H](C#C[C@H](O)[C@H]2COC(C)(C)O2)O1. The first-order valence-corrected chi connectivity index (χ1v) is 12.9. The van der Waals surface area contributed by atoms with E-state index in [2.05, 4.69) is 59.6 Å². The van der Waals surface area contributed by atoms with Crippen LogP contribution in [0.3, 0.4) is 0 Å². The Labute approximate surface area is 166 Å². The number of aliphatic hydroxyl groups excluding tert-OH is 1. The summed E-state index contributed by atoms with van der Waals surface area (Å²) in [6, 6.07) is 0. The molecule has 2 aliphatic heterocycles. The maximum absolute atomic E-state index is 10.3. The summed E-state index contributed by atoms with van der Waals surface area (Å²) in [4.78, 5) is 0. The highest BCUT2D eigenvalue weighted by molar-refractivity contribution is 6.74. The second kappa shape index (κ2) is 7.77. The Balaban J connectivity index is 1.94. The van der Waals surface area contributed by atoms with Crippen LogP contribution >= 0.6 is 0 Å². The predicted octanol–water partition coefficient (Wildman–Crippen LogP) is 3.85. The van der Waals surface area contributed by atoms with Crippen molar-refractivity contribution in [3.05, 3.63) is 0 Å². The Bertz CT molecular complexity index is 586. The van der Waals surface area contributed by atoms with Crippen LogP contribution in [0.5, 0.6) is 0 Å². The summed E-state index contributed by atoms with van der Waals surface area (Å²) in [5.74, 6) is 5.32. The average molecular weight is 399 g/mol. The molecule has 0 aromatic carbocycles. The summed E-state index contributed by atoms with van der Waals surface area (Å²) in [7, 11) is -1.86. The fourth-order valence-corrected chi connectivity index (χ4v) is 4.63. The molecule has 6 heteroatoms. The van der Waals surface area contributed by atoms with Crippen LogP contribution in [0, 0.1) is 11.8 Å². The Morgan fingerprint density at radius 1 is 1.19 bits per heavy atom. The van der Waals surface area contributed by atoms with Gasteiger partial charge < -0.3 is 23.7 Å². The molecule has 0 spiro atoms. The van der Waals surface area contributed by atoms with Crippen molar-refractivity contribution in [2.45, 2.75) is 115 Å². The minimum Gasteiger partial charge on any atom is -0.411 e. The second-order valence-electron chi connectivity index (χ2n) is 10.1. The van der Waals surface area contributed by atoms with Crippen LogP contribution in [0.2, 0.25) is 18.1 Å². The van der Waals surface area contributed by atoms with E-state index in [1.54, 1.807) is 0 Å². The van der Waals surface area contributed by atoms with Gasteiger partial charge in [-0.25, -0.2) is 0 Å². The van der Waals surface area contributed by atoms with Gasteiger partial charge >= 0.3 is 0 Å². The molecule has 156 valence electrons. The third-order valence-electron chi connectivity index (χ3n) is 6.23. The lowest BCUT2D eigenvalue weighted by Gasteiger charge is -2.42. The number of hydrogen-bond acceptors (Lipinski definition) is 5. The van der Waals surface area contributed by atoms with Crippen LogP contribution in [0.25, 0.3) is 0 Å². The van der Waals surface area contributed by atoms with Crippen molar-refractivity contribution >= 4 is 8.32 Å². The largest absolute Gasteiger partial charge is 0.411 e. The lowest BCUT2D eigenvalue weighted by atomic mass is 9.97. The van der Waals surface area contributed by atoms with Crippen LogP contribution in [-0.4, -0.2) is 55.8 Å².